The summed E-state index contributed by atoms with van der Waals surface area (Å²) in [6.45, 7) is 5.88. The predicted octanol–water partition coefficient (Wildman–Crippen LogP) is 3.53. The van der Waals surface area contributed by atoms with E-state index in [0.717, 1.165) is 21.6 Å². The number of para-hydroxylation sites is 1. The number of ether oxygens (including phenoxy) is 1. The standard InChI is InChI=1S/C18H19N3O3S/c1-4-24-17(23)13-9-11(2)21(12(13)3)10-16(22)20-18-19-14-7-5-6-8-15(14)25-18/h5-9H,4,10H2,1-3H3,(H,19,20,22). The van der Waals surface area contributed by atoms with E-state index in [0.29, 0.717) is 17.3 Å². The highest BCUT2D eigenvalue weighted by Crippen LogP contribution is 2.25. The third-order valence-electron chi connectivity index (χ3n) is 3.91. The van der Waals surface area contributed by atoms with Gasteiger partial charge in [-0.15, -0.1) is 0 Å². The maximum Gasteiger partial charge on any atom is 0.339 e. The normalized spacial score (nSPS) is 10.8. The van der Waals surface area contributed by atoms with Gasteiger partial charge in [0.25, 0.3) is 0 Å². The second kappa shape index (κ2) is 7.06. The largest absolute Gasteiger partial charge is 0.462 e. The number of fused-ring (bicyclic) bond motifs is 1. The van der Waals surface area contributed by atoms with Crippen molar-refractivity contribution in [1.82, 2.24) is 9.55 Å². The first kappa shape index (κ1) is 17.2. The van der Waals surface area contributed by atoms with Gasteiger partial charge in [-0.1, -0.05) is 23.5 Å². The fraction of sp³-hybridized carbons (Fsp3) is 0.278. The van der Waals surface area contributed by atoms with E-state index in [2.05, 4.69) is 10.3 Å². The molecule has 0 atom stereocenters. The highest BCUT2D eigenvalue weighted by molar-refractivity contribution is 7.22. The van der Waals surface area contributed by atoms with Crippen molar-refractivity contribution >= 4 is 38.6 Å². The average molecular weight is 357 g/mol. The van der Waals surface area contributed by atoms with Gasteiger partial charge in [-0.2, -0.15) is 0 Å². The highest BCUT2D eigenvalue weighted by atomic mass is 32.1. The zero-order valence-electron chi connectivity index (χ0n) is 14.3. The van der Waals surface area contributed by atoms with Crippen molar-refractivity contribution in [3.63, 3.8) is 0 Å². The van der Waals surface area contributed by atoms with Crippen molar-refractivity contribution in [2.24, 2.45) is 0 Å². The second-order valence-corrected chi connectivity index (χ2v) is 6.66. The summed E-state index contributed by atoms with van der Waals surface area (Å²) < 4.78 is 7.87. The van der Waals surface area contributed by atoms with Crippen LogP contribution in [0.2, 0.25) is 0 Å². The van der Waals surface area contributed by atoms with Crippen LogP contribution in [0, 0.1) is 13.8 Å². The summed E-state index contributed by atoms with van der Waals surface area (Å²) in [5.74, 6) is -0.551. The van der Waals surface area contributed by atoms with E-state index >= 15 is 0 Å². The molecule has 3 rings (SSSR count). The van der Waals surface area contributed by atoms with Gasteiger partial charge in [-0.05, 0) is 39.0 Å². The van der Waals surface area contributed by atoms with Crippen LogP contribution < -0.4 is 5.32 Å². The number of nitrogens with zero attached hydrogens (tertiary/aromatic N) is 2. The molecule has 0 saturated heterocycles. The van der Waals surface area contributed by atoms with Crippen molar-refractivity contribution in [3.8, 4) is 0 Å². The van der Waals surface area contributed by atoms with Crippen LogP contribution in [-0.4, -0.2) is 28.0 Å². The average Bonchev–Trinajstić information content (AvgIpc) is 3.10. The molecular formula is C18H19N3O3S. The van der Waals surface area contributed by atoms with Crippen LogP contribution in [0.15, 0.2) is 30.3 Å². The molecule has 0 aliphatic carbocycles. The quantitative estimate of drug-likeness (QED) is 0.709. The molecule has 1 aromatic carbocycles. The molecule has 130 valence electrons. The molecule has 0 fully saturated rings. The van der Waals surface area contributed by atoms with E-state index in [9.17, 15) is 9.59 Å². The number of nitrogens with one attached hydrogen (secondary N) is 1. The minimum atomic E-state index is -0.367. The number of benzene rings is 1. The molecule has 0 unspecified atom stereocenters. The number of anilines is 1. The van der Waals surface area contributed by atoms with Gasteiger partial charge in [-0.3, -0.25) is 4.79 Å². The molecule has 6 nitrogen and oxygen atoms in total. The zero-order valence-corrected chi connectivity index (χ0v) is 15.1. The lowest BCUT2D eigenvalue weighted by Crippen LogP contribution is -2.20. The van der Waals surface area contributed by atoms with Crippen molar-refractivity contribution in [1.29, 1.82) is 0 Å². The summed E-state index contributed by atoms with van der Waals surface area (Å²) in [4.78, 5) is 28.7. The summed E-state index contributed by atoms with van der Waals surface area (Å²) >= 11 is 1.43. The lowest BCUT2D eigenvalue weighted by atomic mass is 10.2. The first-order valence-corrected chi connectivity index (χ1v) is 8.80. The van der Waals surface area contributed by atoms with Gasteiger partial charge >= 0.3 is 5.97 Å². The third-order valence-corrected chi connectivity index (χ3v) is 4.86. The Hall–Kier alpha value is -2.67. The highest BCUT2D eigenvalue weighted by Gasteiger charge is 2.18. The predicted molar refractivity (Wildman–Crippen MR) is 98.1 cm³/mol. The van der Waals surface area contributed by atoms with Gasteiger partial charge in [0.1, 0.15) is 6.54 Å². The molecule has 0 bridgehead atoms. The summed E-state index contributed by atoms with van der Waals surface area (Å²) in [5, 5.41) is 3.40. The van der Waals surface area contributed by atoms with E-state index in [1.165, 1.54) is 11.3 Å². The number of aryl methyl sites for hydroxylation is 1. The first-order valence-electron chi connectivity index (χ1n) is 7.99. The van der Waals surface area contributed by atoms with Crippen LogP contribution in [0.1, 0.15) is 28.7 Å². The van der Waals surface area contributed by atoms with Gasteiger partial charge < -0.3 is 14.6 Å². The molecule has 0 radical (unpaired) electrons. The molecule has 25 heavy (non-hydrogen) atoms. The number of aromatic nitrogens is 2. The Bertz CT molecular complexity index is 909. The van der Waals surface area contributed by atoms with E-state index in [4.69, 9.17) is 4.74 Å². The van der Waals surface area contributed by atoms with Gasteiger partial charge in [0.15, 0.2) is 5.13 Å². The number of amides is 1. The molecule has 1 amide bonds. The Morgan fingerprint density at radius 1 is 1.28 bits per heavy atom. The van der Waals surface area contributed by atoms with Gasteiger partial charge in [0.05, 0.1) is 22.4 Å². The van der Waals surface area contributed by atoms with Crippen molar-refractivity contribution in [2.75, 3.05) is 11.9 Å². The number of carbonyl (C=O) groups is 2. The van der Waals surface area contributed by atoms with Crippen LogP contribution in [0.3, 0.4) is 0 Å². The summed E-state index contributed by atoms with van der Waals surface area (Å²) in [6, 6.07) is 9.48. The molecule has 0 spiro atoms. The molecule has 0 aliphatic heterocycles. The fourth-order valence-electron chi connectivity index (χ4n) is 2.69. The number of hydrogen-bond acceptors (Lipinski definition) is 5. The van der Waals surface area contributed by atoms with E-state index in [1.54, 1.807) is 17.6 Å². The second-order valence-electron chi connectivity index (χ2n) is 5.63. The Morgan fingerprint density at radius 2 is 2.04 bits per heavy atom. The van der Waals surface area contributed by atoms with Crippen molar-refractivity contribution in [2.45, 2.75) is 27.3 Å². The van der Waals surface area contributed by atoms with E-state index in [-0.39, 0.29) is 18.4 Å². The fourth-order valence-corrected chi connectivity index (χ4v) is 3.57. The van der Waals surface area contributed by atoms with Crippen LogP contribution in [0.5, 0.6) is 0 Å². The van der Waals surface area contributed by atoms with Crippen molar-refractivity contribution in [3.05, 3.63) is 47.3 Å². The molecule has 2 heterocycles. The van der Waals surface area contributed by atoms with Crippen LogP contribution in [0.4, 0.5) is 5.13 Å². The summed E-state index contributed by atoms with van der Waals surface area (Å²) in [7, 11) is 0. The molecule has 1 N–H and O–H groups in total. The molecule has 7 heteroatoms. The van der Waals surface area contributed by atoms with Crippen molar-refractivity contribution < 1.29 is 14.3 Å². The first-order chi connectivity index (χ1) is 12.0. The Morgan fingerprint density at radius 3 is 2.76 bits per heavy atom. The zero-order chi connectivity index (χ0) is 18.0. The maximum absolute atomic E-state index is 12.4. The molecule has 3 aromatic rings. The number of esters is 1. The Labute approximate surface area is 149 Å². The number of thiazole rings is 1. The smallest absolute Gasteiger partial charge is 0.339 e. The van der Waals surface area contributed by atoms with Gasteiger partial charge in [0.2, 0.25) is 5.91 Å². The molecular weight excluding hydrogens is 338 g/mol. The van der Waals surface area contributed by atoms with Gasteiger partial charge in [-0.25, -0.2) is 9.78 Å². The minimum absolute atomic E-state index is 0.118. The topological polar surface area (TPSA) is 73.2 Å². The lowest BCUT2D eigenvalue weighted by Gasteiger charge is -2.09. The molecule has 2 aromatic heterocycles. The Balaban J connectivity index is 1.75. The monoisotopic (exact) mass is 357 g/mol. The third kappa shape index (κ3) is 3.56. The minimum Gasteiger partial charge on any atom is -0.462 e. The van der Waals surface area contributed by atoms with Crippen LogP contribution in [0.25, 0.3) is 10.2 Å². The number of hydrogen-bond donors (Lipinski definition) is 1. The summed E-state index contributed by atoms with van der Waals surface area (Å²) in [5.41, 5.74) is 2.91. The number of rotatable bonds is 5. The van der Waals surface area contributed by atoms with Crippen LogP contribution >= 0.6 is 11.3 Å². The Kier molecular flexibility index (Phi) is 4.85. The SMILES string of the molecule is CCOC(=O)c1cc(C)n(CC(=O)Nc2nc3ccccc3s2)c1C. The number of carbonyl (C=O) groups excluding carboxylic acids is 2. The summed E-state index contributed by atoms with van der Waals surface area (Å²) in [6.07, 6.45) is 0. The molecule has 0 saturated carbocycles. The maximum atomic E-state index is 12.4. The van der Waals surface area contributed by atoms with Crippen LogP contribution in [-0.2, 0) is 16.1 Å². The lowest BCUT2D eigenvalue weighted by molar-refractivity contribution is -0.116. The van der Waals surface area contributed by atoms with E-state index in [1.807, 2.05) is 38.1 Å². The molecule has 0 aliphatic rings. The van der Waals surface area contributed by atoms with E-state index < -0.39 is 0 Å². The van der Waals surface area contributed by atoms with Gasteiger partial charge in [0, 0.05) is 11.4 Å².